The third-order valence-electron chi connectivity index (χ3n) is 6.88. The molecule has 0 aliphatic carbocycles. The van der Waals surface area contributed by atoms with Gasteiger partial charge in [-0.25, -0.2) is 0 Å². The zero-order valence-corrected chi connectivity index (χ0v) is 21.5. The number of hydrogen-bond acceptors (Lipinski definition) is 2. The molecule has 1 saturated heterocycles. The van der Waals surface area contributed by atoms with Gasteiger partial charge in [-0.1, -0.05) is 38.1 Å². The van der Waals surface area contributed by atoms with Crippen molar-refractivity contribution in [2.75, 3.05) is 6.54 Å². The number of piperidine rings is 1. The van der Waals surface area contributed by atoms with Gasteiger partial charge in [0, 0.05) is 12.5 Å². The molecule has 0 amide bonds. The van der Waals surface area contributed by atoms with E-state index in [0.29, 0.717) is 18.2 Å². The van der Waals surface area contributed by atoms with Crippen LogP contribution in [0.2, 0.25) is 0 Å². The summed E-state index contributed by atoms with van der Waals surface area (Å²) in [4.78, 5) is 12.9. The minimum Gasteiger partial charge on any atom is -0.481 e. The van der Waals surface area contributed by atoms with Crippen molar-refractivity contribution in [3.05, 3.63) is 82.4 Å². The molecule has 0 saturated carbocycles. The molecule has 1 N–H and O–H groups in total. The molecule has 220 valence electrons. The summed E-state index contributed by atoms with van der Waals surface area (Å²) in [5, 5.41) is 9.30. The highest BCUT2D eigenvalue weighted by molar-refractivity contribution is 5.67. The molecule has 40 heavy (non-hydrogen) atoms. The van der Waals surface area contributed by atoms with Gasteiger partial charge >= 0.3 is 24.5 Å². The Morgan fingerprint density at radius 1 is 0.900 bits per heavy atom. The fourth-order valence-electron chi connectivity index (χ4n) is 5.01. The molecule has 2 aromatic carbocycles. The van der Waals surface area contributed by atoms with Gasteiger partial charge in [-0.2, -0.15) is 39.5 Å². The van der Waals surface area contributed by atoms with E-state index in [2.05, 4.69) is 0 Å². The quantitative estimate of drug-likeness (QED) is 0.262. The summed E-state index contributed by atoms with van der Waals surface area (Å²) in [5.41, 5.74) is -3.85. The maximum atomic E-state index is 14.1. The van der Waals surface area contributed by atoms with Crippen LogP contribution < -0.4 is 0 Å². The Balaban J connectivity index is 2.21. The van der Waals surface area contributed by atoms with E-state index < -0.39 is 64.8 Å². The van der Waals surface area contributed by atoms with Crippen LogP contribution in [0, 0.1) is 11.8 Å². The first kappa shape index (κ1) is 31.5. The molecule has 1 heterocycles. The third kappa shape index (κ3) is 7.80. The number of halogens is 9. The second-order valence-corrected chi connectivity index (χ2v) is 10.2. The van der Waals surface area contributed by atoms with Crippen LogP contribution in [0.4, 0.5) is 39.5 Å². The van der Waals surface area contributed by atoms with Crippen molar-refractivity contribution < 1.29 is 49.4 Å². The maximum Gasteiger partial charge on any atom is 0.416 e. The predicted molar refractivity (Wildman–Crippen MR) is 129 cm³/mol. The van der Waals surface area contributed by atoms with Crippen molar-refractivity contribution in [1.82, 2.24) is 4.90 Å². The van der Waals surface area contributed by atoms with Crippen LogP contribution in [0.5, 0.6) is 0 Å². The van der Waals surface area contributed by atoms with Gasteiger partial charge in [-0.15, -0.1) is 0 Å². The van der Waals surface area contributed by atoms with Crippen molar-refractivity contribution in [3.8, 4) is 0 Å². The van der Waals surface area contributed by atoms with Crippen molar-refractivity contribution >= 4 is 5.97 Å². The Morgan fingerprint density at radius 2 is 1.48 bits per heavy atom. The largest absolute Gasteiger partial charge is 0.481 e. The van der Waals surface area contributed by atoms with Gasteiger partial charge in [-0.3, -0.25) is 9.69 Å². The first-order valence-corrected chi connectivity index (χ1v) is 12.5. The number of carboxylic acid groups (broad SMARTS) is 1. The molecule has 3 unspecified atom stereocenters. The number of likely N-dealkylation sites (tertiary alicyclic amines) is 1. The van der Waals surface area contributed by atoms with E-state index >= 15 is 0 Å². The predicted octanol–water partition coefficient (Wildman–Crippen LogP) is 8.92. The highest BCUT2D eigenvalue weighted by Gasteiger charge is 2.42. The Hall–Kier alpha value is -3.02. The molecule has 1 aliphatic rings. The summed E-state index contributed by atoms with van der Waals surface area (Å²) < 4.78 is 123. The second-order valence-electron chi connectivity index (χ2n) is 10.2. The summed E-state index contributed by atoms with van der Waals surface area (Å²) in [6.07, 6.45) is -11.6. The average Bonchev–Trinajstić information content (AvgIpc) is 2.82. The molecular formula is C28H28F9NO2. The third-order valence-corrected chi connectivity index (χ3v) is 6.88. The molecule has 0 spiro atoms. The monoisotopic (exact) mass is 581 g/mol. The van der Waals surface area contributed by atoms with Crippen molar-refractivity contribution in [3.63, 3.8) is 0 Å². The molecule has 0 radical (unpaired) electrons. The van der Waals surface area contributed by atoms with Crippen molar-refractivity contribution in [2.24, 2.45) is 11.8 Å². The molecule has 3 nitrogen and oxygen atoms in total. The van der Waals surface area contributed by atoms with Crippen LogP contribution in [-0.2, 0) is 23.3 Å². The summed E-state index contributed by atoms with van der Waals surface area (Å²) in [6.45, 7) is 3.47. The fourth-order valence-corrected chi connectivity index (χ4v) is 5.01. The van der Waals surface area contributed by atoms with E-state index in [9.17, 15) is 49.4 Å². The van der Waals surface area contributed by atoms with Crippen LogP contribution in [0.25, 0.3) is 0 Å². The average molecular weight is 582 g/mol. The minimum atomic E-state index is -4.99. The van der Waals surface area contributed by atoms with Gasteiger partial charge < -0.3 is 5.11 Å². The van der Waals surface area contributed by atoms with Gasteiger partial charge in [0.25, 0.3) is 0 Å². The minimum absolute atomic E-state index is 0.00425. The van der Waals surface area contributed by atoms with Crippen LogP contribution >= 0.6 is 0 Å². The lowest BCUT2D eigenvalue weighted by Gasteiger charge is -2.44. The molecule has 3 rings (SSSR count). The zero-order chi connectivity index (χ0) is 30.0. The topological polar surface area (TPSA) is 40.5 Å². The highest BCUT2D eigenvalue weighted by atomic mass is 19.4. The van der Waals surface area contributed by atoms with Gasteiger partial charge in [0.05, 0.1) is 22.7 Å². The normalized spacial score (nSPS) is 20.3. The number of alkyl halides is 9. The van der Waals surface area contributed by atoms with Crippen molar-refractivity contribution in [1.29, 1.82) is 0 Å². The van der Waals surface area contributed by atoms with Crippen LogP contribution in [0.3, 0.4) is 0 Å². The lowest BCUT2D eigenvalue weighted by molar-refractivity contribution is -0.142. The number of benzene rings is 2. The summed E-state index contributed by atoms with van der Waals surface area (Å²) in [5.74, 6) is -1.74. The molecule has 1 aliphatic heterocycles. The van der Waals surface area contributed by atoms with Gasteiger partial charge in [0.2, 0.25) is 0 Å². The number of nitrogens with zero attached hydrogens (tertiary/aromatic N) is 1. The molecule has 0 aromatic heterocycles. The Morgan fingerprint density at radius 3 is 1.98 bits per heavy atom. The fraction of sp³-hybridized carbons (Fsp3) is 0.464. The number of allylic oxidation sites excluding steroid dienone is 1. The molecule has 0 bridgehead atoms. The van der Waals surface area contributed by atoms with Crippen molar-refractivity contribution in [2.45, 2.75) is 63.7 Å². The summed E-state index contributed by atoms with van der Waals surface area (Å²) in [7, 11) is 0. The molecule has 2 aromatic rings. The lowest BCUT2D eigenvalue weighted by atomic mass is 9.82. The van der Waals surface area contributed by atoms with Gasteiger partial charge in [0.15, 0.2) is 0 Å². The van der Waals surface area contributed by atoms with Crippen LogP contribution in [-0.4, -0.2) is 22.5 Å². The molecular weight excluding hydrogens is 553 g/mol. The first-order valence-electron chi connectivity index (χ1n) is 12.5. The zero-order valence-electron chi connectivity index (χ0n) is 21.5. The molecule has 1 fully saturated rings. The highest BCUT2D eigenvalue weighted by Crippen LogP contribution is 2.46. The van der Waals surface area contributed by atoms with E-state index in [1.807, 2.05) is 0 Å². The van der Waals surface area contributed by atoms with E-state index in [-0.39, 0.29) is 37.3 Å². The molecule has 3 atom stereocenters. The van der Waals surface area contributed by atoms with Gasteiger partial charge in [-0.05, 0) is 72.7 Å². The van der Waals surface area contributed by atoms with Gasteiger partial charge in [0.1, 0.15) is 0 Å². The van der Waals surface area contributed by atoms with Crippen LogP contribution in [0.15, 0.2) is 54.6 Å². The van der Waals surface area contributed by atoms with E-state index in [1.165, 1.54) is 23.1 Å². The van der Waals surface area contributed by atoms with Crippen LogP contribution in [0.1, 0.15) is 73.0 Å². The first-order chi connectivity index (χ1) is 18.4. The smallest absolute Gasteiger partial charge is 0.416 e. The number of aliphatic carboxylic acids is 1. The Bertz CT molecular complexity index is 1200. The lowest BCUT2D eigenvalue weighted by Crippen LogP contribution is -2.40. The Kier molecular flexibility index (Phi) is 9.33. The number of rotatable bonds is 7. The maximum absolute atomic E-state index is 14.1. The number of carbonyl (C=O) groups is 1. The van der Waals surface area contributed by atoms with E-state index in [1.54, 1.807) is 19.9 Å². The standard InChI is InChI=1S/C28H28F9NO2/c1-16(2)3-10-23(21-15-20(27(32,33)34)8-9-22(21)28(35,36)37)38-12-11-17(14-25(39)40)13-24(38)18-4-6-19(7-5-18)26(29,30)31/h3-10,15-17,23-24H,11-14H2,1-2H3,(H,39,40)/b10-3-. The van der Waals surface area contributed by atoms with E-state index in [0.717, 1.165) is 12.1 Å². The number of carboxylic acids is 1. The summed E-state index contributed by atoms with van der Waals surface area (Å²) >= 11 is 0. The van der Waals surface area contributed by atoms with E-state index in [4.69, 9.17) is 0 Å². The Labute approximate surface area is 225 Å². The number of hydrogen-bond donors (Lipinski definition) is 1. The SMILES string of the molecule is CC(C)/C=C\C(c1cc(C(F)(F)F)ccc1C(F)(F)F)N1CCC(CC(=O)O)CC1c1ccc(C(F)(F)F)cc1. The summed E-state index contributed by atoms with van der Waals surface area (Å²) in [6, 6.07) is 2.99. The second kappa shape index (κ2) is 11.8. The molecule has 12 heteroatoms.